The number of benzene rings is 1. The Balaban J connectivity index is 1.77. The van der Waals surface area contributed by atoms with Crippen LogP contribution in [0.5, 0.6) is 5.75 Å². The third-order valence-electron chi connectivity index (χ3n) is 4.14. The first-order valence-corrected chi connectivity index (χ1v) is 8.20. The molecule has 1 atom stereocenters. The van der Waals surface area contributed by atoms with E-state index in [-0.39, 0.29) is 11.7 Å². The molecule has 2 N–H and O–H groups in total. The molecule has 0 spiro atoms. The molecular weight excluding hydrogens is 282 g/mol. The maximum atomic E-state index is 12.3. The van der Waals surface area contributed by atoms with Crippen LogP contribution in [0.3, 0.4) is 0 Å². The molecule has 0 fully saturated rings. The van der Waals surface area contributed by atoms with Gasteiger partial charge in [0.1, 0.15) is 5.75 Å². The largest absolute Gasteiger partial charge is 0.506 e. The maximum absolute atomic E-state index is 12.3. The second-order valence-electron chi connectivity index (χ2n) is 5.55. The maximum Gasteiger partial charge on any atom is 0.265 e. The summed E-state index contributed by atoms with van der Waals surface area (Å²) in [6.45, 7) is 2.23. The van der Waals surface area contributed by atoms with E-state index in [9.17, 15) is 9.90 Å². The Labute approximate surface area is 128 Å². The van der Waals surface area contributed by atoms with Gasteiger partial charge in [0, 0.05) is 4.88 Å². The Morgan fingerprint density at radius 3 is 3.00 bits per heavy atom. The Bertz CT molecular complexity index is 663. The van der Waals surface area contributed by atoms with Crippen LogP contribution in [0.25, 0.3) is 0 Å². The molecule has 0 bridgehead atoms. The molecule has 1 amide bonds. The minimum absolute atomic E-state index is 0.0956. The first-order chi connectivity index (χ1) is 10.2. The standard InChI is InChI=1S/C17H19NO2S/c1-2-11-7-8-15-12(9-11)10-16(21-15)17(20)18-13-5-3-4-6-14(13)19/h3-6,10-11,19H,2,7-9H2,1H3,(H,18,20). The molecule has 0 saturated carbocycles. The number of hydrogen-bond acceptors (Lipinski definition) is 3. The molecular formula is C17H19NO2S. The SMILES string of the molecule is CCC1CCc2sc(C(=O)Nc3ccccc3O)cc2C1. The molecule has 1 heterocycles. The van der Waals surface area contributed by atoms with Crippen LogP contribution in [0.15, 0.2) is 30.3 Å². The lowest BCUT2D eigenvalue weighted by Crippen LogP contribution is -2.11. The number of phenolic OH excluding ortho intramolecular Hbond substituents is 1. The lowest BCUT2D eigenvalue weighted by molar-refractivity contribution is 0.103. The van der Waals surface area contributed by atoms with Crippen LogP contribution in [0.1, 0.15) is 39.9 Å². The van der Waals surface area contributed by atoms with Crippen LogP contribution < -0.4 is 5.32 Å². The number of rotatable bonds is 3. The number of para-hydroxylation sites is 2. The van der Waals surface area contributed by atoms with Gasteiger partial charge in [-0.05, 0) is 48.9 Å². The second kappa shape index (κ2) is 5.90. The second-order valence-corrected chi connectivity index (χ2v) is 6.68. The summed E-state index contributed by atoms with van der Waals surface area (Å²) >= 11 is 1.59. The number of amides is 1. The van der Waals surface area contributed by atoms with Gasteiger partial charge in [-0.3, -0.25) is 4.79 Å². The zero-order valence-corrected chi connectivity index (χ0v) is 12.9. The zero-order valence-electron chi connectivity index (χ0n) is 12.1. The van der Waals surface area contributed by atoms with E-state index in [4.69, 9.17) is 0 Å². The molecule has 1 unspecified atom stereocenters. The van der Waals surface area contributed by atoms with E-state index >= 15 is 0 Å². The van der Waals surface area contributed by atoms with Gasteiger partial charge in [-0.25, -0.2) is 0 Å². The van der Waals surface area contributed by atoms with E-state index in [0.29, 0.717) is 5.69 Å². The van der Waals surface area contributed by atoms with Crippen molar-refractivity contribution in [1.29, 1.82) is 0 Å². The quantitative estimate of drug-likeness (QED) is 0.834. The highest BCUT2D eigenvalue weighted by Crippen LogP contribution is 2.34. The summed E-state index contributed by atoms with van der Waals surface area (Å²) in [4.78, 5) is 14.4. The fraction of sp³-hybridized carbons (Fsp3) is 0.353. The van der Waals surface area contributed by atoms with E-state index in [1.54, 1.807) is 35.6 Å². The van der Waals surface area contributed by atoms with Crippen LogP contribution in [-0.4, -0.2) is 11.0 Å². The van der Waals surface area contributed by atoms with E-state index in [2.05, 4.69) is 12.2 Å². The minimum atomic E-state index is -0.135. The first-order valence-electron chi connectivity index (χ1n) is 7.38. The smallest absolute Gasteiger partial charge is 0.265 e. The number of thiophene rings is 1. The van der Waals surface area contributed by atoms with Crippen molar-refractivity contribution in [1.82, 2.24) is 0 Å². The van der Waals surface area contributed by atoms with Gasteiger partial charge in [0.05, 0.1) is 10.6 Å². The predicted octanol–water partition coefficient (Wildman–Crippen LogP) is 4.22. The Kier molecular flexibility index (Phi) is 3.97. The van der Waals surface area contributed by atoms with Gasteiger partial charge >= 0.3 is 0 Å². The van der Waals surface area contributed by atoms with Crippen molar-refractivity contribution < 1.29 is 9.90 Å². The molecule has 0 saturated heterocycles. The van der Waals surface area contributed by atoms with Gasteiger partial charge in [0.2, 0.25) is 0 Å². The lowest BCUT2D eigenvalue weighted by Gasteiger charge is -2.19. The molecule has 2 aromatic rings. The van der Waals surface area contributed by atoms with Gasteiger partial charge in [-0.2, -0.15) is 0 Å². The van der Waals surface area contributed by atoms with Crippen molar-refractivity contribution in [3.8, 4) is 5.75 Å². The van der Waals surface area contributed by atoms with Gasteiger partial charge < -0.3 is 10.4 Å². The van der Waals surface area contributed by atoms with Crippen molar-refractivity contribution >= 4 is 22.9 Å². The van der Waals surface area contributed by atoms with Gasteiger partial charge in [0.25, 0.3) is 5.91 Å². The molecule has 4 heteroatoms. The first kappa shape index (κ1) is 14.1. The number of nitrogens with one attached hydrogen (secondary N) is 1. The minimum Gasteiger partial charge on any atom is -0.506 e. The molecule has 3 rings (SSSR count). The molecule has 21 heavy (non-hydrogen) atoms. The summed E-state index contributed by atoms with van der Waals surface area (Å²) in [5.74, 6) is 0.711. The highest BCUT2D eigenvalue weighted by atomic mass is 32.1. The van der Waals surface area contributed by atoms with Crippen LogP contribution >= 0.6 is 11.3 Å². The van der Waals surface area contributed by atoms with Crippen molar-refractivity contribution in [2.75, 3.05) is 5.32 Å². The Hall–Kier alpha value is -1.81. The predicted molar refractivity (Wildman–Crippen MR) is 86.2 cm³/mol. The summed E-state index contributed by atoms with van der Waals surface area (Å²) in [5.41, 5.74) is 1.79. The van der Waals surface area contributed by atoms with E-state index < -0.39 is 0 Å². The van der Waals surface area contributed by atoms with Crippen LogP contribution in [0.4, 0.5) is 5.69 Å². The summed E-state index contributed by atoms with van der Waals surface area (Å²) < 4.78 is 0. The zero-order chi connectivity index (χ0) is 14.8. The fourth-order valence-electron chi connectivity index (χ4n) is 2.82. The average Bonchev–Trinajstić information content (AvgIpc) is 2.92. The molecule has 0 aliphatic heterocycles. The summed E-state index contributed by atoms with van der Waals surface area (Å²) in [6, 6.07) is 8.83. The van der Waals surface area contributed by atoms with Gasteiger partial charge in [-0.1, -0.05) is 25.5 Å². The number of anilines is 1. The molecule has 3 nitrogen and oxygen atoms in total. The summed E-state index contributed by atoms with van der Waals surface area (Å²) in [6.07, 6.45) is 4.60. The third-order valence-corrected chi connectivity index (χ3v) is 5.37. The third kappa shape index (κ3) is 2.95. The number of phenols is 1. The van der Waals surface area contributed by atoms with E-state index in [1.165, 1.54) is 23.3 Å². The summed E-state index contributed by atoms with van der Waals surface area (Å²) in [7, 11) is 0. The topological polar surface area (TPSA) is 49.3 Å². The van der Waals surface area contributed by atoms with Crippen molar-refractivity contribution in [3.63, 3.8) is 0 Å². The molecule has 110 valence electrons. The number of aromatic hydroxyl groups is 1. The van der Waals surface area contributed by atoms with Gasteiger partial charge in [-0.15, -0.1) is 11.3 Å². The van der Waals surface area contributed by atoms with E-state index in [0.717, 1.165) is 23.6 Å². The van der Waals surface area contributed by atoms with Crippen LogP contribution in [0.2, 0.25) is 0 Å². The average molecular weight is 301 g/mol. The fourth-order valence-corrected chi connectivity index (χ4v) is 3.93. The number of carbonyl (C=O) groups is 1. The van der Waals surface area contributed by atoms with Gasteiger partial charge in [0.15, 0.2) is 0 Å². The van der Waals surface area contributed by atoms with Crippen LogP contribution in [-0.2, 0) is 12.8 Å². The van der Waals surface area contributed by atoms with Crippen LogP contribution in [0, 0.1) is 5.92 Å². The van der Waals surface area contributed by atoms with E-state index in [1.807, 2.05) is 6.07 Å². The Morgan fingerprint density at radius 1 is 1.43 bits per heavy atom. The molecule has 1 aromatic heterocycles. The monoisotopic (exact) mass is 301 g/mol. The molecule has 0 radical (unpaired) electrons. The molecule has 1 aliphatic carbocycles. The normalized spacial score (nSPS) is 17.3. The number of fused-ring (bicyclic) bond motifs is 1. The number of carbonyl (C=O) groups excluding carboxylic acids is 1. The summed E-state index contributed by atoms with van der Waals surface area (Å²) in [5, 5.41) is 12.5. The van der Waals surface area contributed by atoms with Crippen molar-refractivity contribution in [3.05, 3.63) is 45.6 Å². The Morgan fingerprint density at radius 2 is 2.24 bits per heavy atom. The number of aryl methyl sites for hydroxylation is 1. The lowest BCUT2D eigenvalue weighted by atomic mass is 9.87. The van der Waals surface area contributed by atoms with Crippen molar-refractivity contribution in [2.24, 2.45) is 5.92 Å². The highest BCUT2D eigenvalue weighted by molar-refractivity contribution is 7.14. The highest BCUT2D eigenvalue weighted by Gasteiger charge is 2.22. The van der Waals surface area contributed by atoms with Crippen molar-refractivity contribution in [2.45, 2.75) is 32.6 Å². The number of hydrogen-bond donors (Lipinski definition) is 2. The molecule has 1 aromatic carbocycles. The molecule has 1 aliphatic rings.